The van der Waals surface area contributed by atoms with E-state index in [2.05, 4.69) is 16.0 Å². The van der Waals surface area contributed by atoms with Crippen LogP contribution in [0.2, 0.25) is 5.02 Å². The van der Waals surface area contributed by atoms with Gasteiger partial charge in [0.05, 0.1) is 27.2 Å². The van der Waals surface area contributed by atoms with Gasteiger partial charge in [-0.2, -0.15) is 5.26 Å². The van der Waals surface area contributed by atoms with Gasteiger partial charge in [0, 0.05) is 0 Å². The molecule has 4 rings (SSSR count). The van der Waals surface area contributed by atoms with Crippen LogP contribution in [0.4, 0.5) is 8.78 Å². The first kappa shape index (κ1) is 21.2. The summed E-state index contributed by atoms with van der Waals surface area (Å²) in [4.78, 5) is 19.8. The second-order valence-corrected chi connectivity index (χ2v) is 7.39. The number of hydrogen-bond donors (Lipinski definition) is 1. The molecule has 0 saturated heterocycles. The lowest BCUT2D eigenvalue weighted by Crippen LogP contribution is -2.10. The number of esters is 1. The van der Waals surface area contributed by atoms with E-state index in [0.717, 1.165) is 16.6 Å². The molecule has 0 aliphatic carbocycles. The molecule has 4 aromatic rings. The van der Waals surface area contributed by atoms with E-state index in [1.807, 2.05) is 25.1 Å². The predicted molar refractivity (Wildman–Crippen MR) is 117 cm³/mol. The quantitative estimate of drug-likeness (QED) is 0.177. The van der Waals surface area contributed by atoms with E-state index >= 15 is 0 Å². The summed E-state index contributed by atoms with van der Waals surface area (Å²) in [6, 6.07) is 15.6. The molecule has 0 amide bonds. The van der Waals surface area contributed by atoms with Gasteiger partial charge in [0.25, 0.3) is 0 Å². The Balaban J connectivity index is 1.54. The van der Waals surface area contributed by atoms with Crippen molar-refractivity contribution in [2.45, 2.75) is 6.92 Å². The molecule has 158 valence electrons. The zero-order valence-corrected chi connectivity index (χ0v) is 17.4. The van der Waals surface area contributed by atoms with E-state index in [-0.39, 0.29) is 16.3 Å². The molecule has 5 nitrogen and oxygen atoms in total. The number of benzene rings is 3. The van der Waals surface area contributed by atoms with Gasteiger partial charge in [-0.3, -0.25) is 0 Å². The number of allylic oxidation sites excluding steroid dienone is 1. The third-order valence-electron chi connectivity index (χ3n) is 4.64. The number of imidazole rings is 1. The van der Waals surface area contributed by atoms with Gasteiger partial charge in [-0.15, -0.1) is 0 Å². The zero-order chi connectivity index (χ0) is 22.8. The summed E-state index contributed by atoms with van der Waals surface area (Å²) in [5.41, 5.74) is 3.37. The highest BCUT2D eigenvalue weighted by Gasteiger charge is 2.17. The number of rotatable bonds is 4. The molecule has 3 aromatic carbocycles. The molecular formula is C24H14ClF2N3O2. The summed E-state index contributed by atoms with van der Waals surface area (Å²) in [5.74, 6) is -2.67. The maximum absolute atomic E-state index is 13.4. The van der Waals surface area contributed by atoms with Gasteiger partial charge in [0.15, 0.2) is 11.6 Å². The molecule has 0 aliphatic heterocycles. The molecule has 0 radical (unpaired) electrons. The number of aromatic amines is 1. The summed E-state index contributed by atoms with van der Waals surface area (Å²) in [7, 11) is 0. The number of H-pyrrole nitrogens is 1. The van der Waals surface area contributed by atoms with Crippen molar-refractivity contribution in [3.63, 3.8) is 0 Å². The van der Waals surface area contributed by atoms with Crippen LogP contribution in [0.5, 0.6) is 5.75 Å². The Morgan fingerprint density at radius 3 is 2.56 bits per heavy atom. The topological polar surface area (TPSA) is 78.8 Å². The largest absolute Gasteiger partial charge is 0.423 e. The monoisotopic (exact) mass is 449 g/mol. The molecule has 0 unspecified atom stereocenters. The van der Waals surface area contributed by atoms with Crippen molar-refractivity contribution in [1.82, 2.24) is 9.97 Å². The summed E-state index contributed by atoms with van der Waals surface area (Å²) in [6.45, 7) is 1.97. The molecule has 8 heteroatoms. The molecule has 32 heavy (non-hydrogen) atoms. The van der Waals surface area contributed by atoms with E-state index in [4.69, 9.17) is 16.3 Å². The molecule has 1 heterocycles. The van der Waals surface area contributed by atoms with E-state index in [9.17, 15) is 18.8 Å². The minimum Gasteiger partial charge on any atom is -0.423 e. The summed E-state index contributed by atoms with van der Waals surface area (Å²) in [5, 5.41) is 9.31. The van der Waals surface area contributed by atoms with Crippen molar-refractivity contribution in [3.8, 4) is 11.8 Å². The van der Waals surface area contributed by atoms with Crippen LogP contribution in [-0.4, -0.2) is 15.9 Å². The van der Waals surface area contributed by atoms with Crippen LogP contribution in [0.15, 0.2) is 54.6 Å². The Bertz CT molecular complexity index is 1420. The van der Waals surface area contributed by atoms with Crippen molar-refractivity contribution in [3.05, 3.63) is 93.8 Å². The molecule has 0 bridgehead atoms. The summed E-state index contributed by atoms with van der Waals surface area (Å²) in [6.07, 6.45) is 1.64. The lowest BCUT2D eigenvalue weighted by Gasteiger charge is -2.07. The number of nitrogens with one attached hydrogen (secondary N) is 1. The smallest absolute Gasteiger partial charge is 0.345 e. The number of nitriles is 1. The number of nitrogens with zero attached hydrogens (tertiary/aromatic N) is 2. The average molecular weight is 450 g/mol. The second kappa shape index (κ2) is 8.61. The van der Waals surface area contributed by atoms with E-state index < -0.39 is 17.6 Å². The van der Waals surface area contributed by atoms with Gasteiger partial charge in [0.2, 0.25) is 0 Å². The van der Waals surface area contributed by atoms with Gasteiger partial charge in [0.1, 0.15) is 17.6 Å². The fraction of sp³-hybridized carbons (Fsp3) is 0.0417. The van der Waals surface area contributed by atoms with Crippen LogP contribution >= 0.6 is 11.6 Å². The summed E-state index contributed by atoms with van der Waals surface area (Å²) < 4.78 is 31.8. The number of carbonyl (C=O) groups is 1. The van der Waals surface area contributed by atoms with Gasteiger partial charge < -0.3 is 9.72 Å². The molecular weight excluding hydrogens is 436 g/mol. The van der Waals surface area contributed by atoms with E-state index in [1.54, 1.807) is 18.2 Å². The number of hydrogen-bond acceptors (Lipinski definition) is 4. The number of carbonyl (C=O) groups excluding carboxylic acids is 1. The maximum atomic E-state index is 13.4. The fourth-order valence-electron chi connectivity index (χ4n) is 3.04. The van der Waals surface area contributed by atoms with Crippen LogP contribution in [0.1, 0.15) is 27.3 Å². The average Bonchev–Trinajstić information content (AvgIpc) is 3.18. The number of halogens is 3. The highest BCUT2D eigenvalue weighted by molar-refractivity contribution is 6.33. The number of aromatic nitrogens is 2. The lowest BCUT2D eigenvalue weighted by molar-refractivity contribution is 0.0734. The van der Waals surface area contributed by atoms with Crippen molar-refractivity contribution in [1.29, 1.82) is 5.26 Å². The Labute approximate surface area is 186 Å². The first-order valence-corrected chi connectivity index (χ1v) is 9.77. The Morgan fingerprint density at radius 1 is 1.12 bits per heavy atom. The Morgan fingerprint density at radius 2 is 1.84 bits per heavy atom. The minimum absolute atomic E-state index is 0.172. The molecule has 0 spiro atoms. The number of aryl methyl sites for hydroxylation is 1. The van der Waals surface area contributed by atoms with E-state index in [0.29, 0.717) is 29.1 Å². The second-order valence-electron chi connectivity index (χ2n) is 6.98. The first-order chi connectivity index (χ1) is 15.3. The number of ether oxygens (including phenoxy) is 1. The minimum atomic E-state index is -1.20. The predicted octanol–water partition coefficient (Wildman–Crippen LogP) is 6.09. The van der Waals surface area contributed by atoms with Crippen molar-refractivity contribution < 1.29 is 18.3 Å². The van der Waals surface area contributed by atoms with Gasteiger partial charge in [-0.25, -0.2) is 18.6 Å². The molecule has 1 aromatic heterocycles. The lowest BCUT2D eigenvalue weighted by atomic mass is 10.1. The molecule has 0 fully saturated rings. The van der Waals surface area contributed by atoms with Gasteiger partial charge in [-0.05, 0) is 60.5 Å². The van der Waals surface area contributed by atoms with Crippen LogP contribution < -0.4 is 4.74 Å². The molecule has 0 aliphatic rings. The van der Waals surface area contributed by atoms with Gasteiger partial charge >= 0.3 is 5.97 Å². The van der Waals surface area contributed by atoms with Crippen LogP contribution in [0.25, 0.3) is 22.7 Å². The zero-order valence-electron chi connectivity index (χ0n) is 16.6. The van der Waals surface area contributed by atoms with E-state index in [1.165, 1.54) is 12.1 Å². The van der Waals surface area contributed by atoms with Crippen molar-refractivity contribution >= 4 is 40.3 Å². The van der Waals surface area contributed by atoms with Crippen molar-refractivity contribution in [2.24, 2.45) is 0 Å². The normalized spacial score (nSPS) is 11.4. The highest BCUT2D eigenvalue weighted by Crippen LogP contribution is 2.24. The maximum Gasteiger partial charge on any atom is 0.345 e. The van der Waals surface area contributed by atoms with Gasteiger partial charge in [-0.1, -0.05) is 29.8 Å². The molecule has 1 N–H and O–H groups in total. The standard InChI is InChI=1S/C24H14ClF2N3O2/c1-13-2-7-21-22(8-13)30-23(29-21)15(12-28)9-14-3-5-16(6-4-14)32-24(31)17-10-19(26)20(27)11-18(17)25/h2-11H,1H3,(H,29,30). The SMILES string of the molecule is Cc1ccc2nc(C(C#N)=Cc3ccc(OC(=O)c4cc(F)c(F)cc4Cl)cc3)[nH]c2c1. The molecule has 0 atom stereocenters. The highest BCUT2D eigenvalue weighted by atomic mass is 35.5. The van der Waals surface area contributed by atoms with Crippen LogP contribution in [0.3, 0.4) is 0 Å². The summed E-state index contributed by atoms with van der Waals surface area (Å²) >= 11 is 5.80. The first-order valence-electron chi connectivity index (χ1n) is 9.39. The number of fused-ring (bicyclic) bond motifs is 1. The van der Waals surface area contributed by atoms with Crippen LogP contribution in [0, 0.1) is 29.9 Å². The molecule has 0 saturated carbocycles. The third kappa shape index (κ3) is 4.36. The Kier molecular flexibility index (Phi) is 5.71. The van der Waals surface area contributed by atoms with Crippen LogP contribution in [-0.2, 0) is 0 Å². The third-order valence-corrected chi connectivity index (χ3v) is 4.96. The fourth-order valence-corrected chi connectivity index (χ4v) is 3.27. The Hall–Kier alpha value is -4.02. The van der Waals surface area contributed by atoms with Crippen molar-refractivity contribution in [2.75, 3.05) is 0 Å².